The highest BCUT2D eigenvalue weighted by Crippen LogP contribution is 2.54. The molecule has 3 fully saturated rings. The molecule has 2 aliphatic heterocycles. The van der Waals surface area contributed by atoms with Crippen molar-refractivity contribution in [3.63, 3.8) is 0 Å². The first-order chi connectivity index (χ1) is 11.8. The van der Waals surface area contributed by atoms with E-state index in [1.807, 2.05) is 0 Å². The van der Waals surface area contributed by atoms with Crippen LogP contribution in [0.2, 0.25) is 0 Å². The summed E-state index contributed by atoms with van der Waals surface area (Å²) in [5.74, 6) is 2.71. The average Bonchev–Trinajstić information content (AvgIpc) is 2.48. The van der Waals surface area contributed by atoms with Gasteiger partial charge in [0.2, 0.25) is 0 Å². The van der Waals surface area contributed by atoms with E-state index in [9.17, 15) is 0 Å². The zero-order chi connectivity index (χ0) is 18.2. The molecule has 0 aromatic rings. The monoisotopic (exact) mass is 349 g/mol. The first kappa shape index (κ1) is 19.7. The molecule has 0 radical (unpaired) electrons. The van der Waals surface area contributed by atoms with Crippen LogP contribution in [0.1, 0.15) is 92.9 Å². The second-order valence-corrected chi connectivity index (χ2v) is 10.8. The van der Waals surface area contributed by atoms with Gasteiger partial charge >= 0.3 is 0 Å². The van der Waals surface area contributed by atoms with Crippen molar-refractivity contribution in [2.75, 3.05) is 13.2 Å². The Hall–Kier alpha value is -0.0800. The van der Waals surface area contributed by atoms with Crippen LogP contribution in [0.25, 0.3) is 0 Å². The van der Waals surface area contributed by atoms with Gasteiger partial charge in [-0.15, -0.1) is 0 Å². The van der Waals surface area contributed by atoms with Crippen molar-refractivity contribution in [2.45, 2.75) is 111 Å². The smallest absolute Gasteiger partial charge is 0.0833 e. The molecule has 2 saturated heterocycles. The molecular formula is C23H43NO. The van der Waals surface area contributed by atoms with Crippen LogP contribution in [0.3, 0.4) is 0 Å². The van der Waals surface area contributed by atoms with E-state index in [4.69, 9.17) is 4.74 Å². The Morgan fingerprint density at radius 3 is 2.24 bits per heavy atom. The van der Waals surface area contributed by atoms with Crippen molar-refractivity contribution < 1.29 is 4.74 Å². The minimum Gasteiger partial charge on any atom is -0.374 e. The molecule has 0 aromatic heterocycles. The number of ether oxygens (including phenoxy) is 1. The van der Waals surface area contributed by atoms with E-state index < -0.39 is 0 Å². The standard InChI is InChI=1S/C23H43NO/c1-17(2)24-15-14-19-12-9-11-18(3)10-7-8-13-20(19)23(24)16-25-21(23)22(4,5)6/h17-21H,7-16H2,1-6H3. The van der Waals surface area contributed by atoms with Crippen LogP contribution < -0.4 is 0 Å². The summed E-state index contributed by atoms with van der Waals surface area (Å²) in [4.78, 5) is 2.86. The molecule has 1 spiro atoms. The SMILES string of the molecule is CC1CCCCC2C(CCC1)CCN(C(C)C)C21COC1C(C)(C)C. The van der Waals surface area contributed by atoms with E-state index in [0.29, 0.717) is 17.7 Å². The molecule has 2 heterocycles. The number of hydrogen-bond acceptors (Lipinski definition) is 2. The Labute approximate surface area is 157 Å². The predicted molar refractivity (Wildman–Crippen MR) is 107 cm³/mol. The summed E-state index contributed by atoms with van der Waals surface area (Å²) in [5.41, 5.74) is 0.539. The molecule has 1 saturated carbocycles. The predicted octanol–water partition coefficient (Wildman–Crippen LogP) is 5.90. The number of rotatable bonds is 1. The maximum Gasteiger partial charge on any atom is 0.0833 e. The number of hydrogen-bond donors (Lipinski definition) is 0. The van der Waals surface area contributed by atoms with Crippen LogP contribution in [-0.2, 0) is 4.74 Å². The van der Waals surface area contributed by atoms with Crippen molar-refractivity contribution in [3.8, 4) is 0 Å². The Balaban J connectivity index is 1.89. The molecule has 5 atom stereocenters. The van der Waals surface area contributed by atoms with Crippen LogP contribution in [0.5, 0.6) is 0 Å². The van der Waals surface area contributed by atoms with Gasteiger partial charge in [0.25, 0.3) is 0 Å². The minimum atomic E-state index is 0.233. The lowest BCUT2D eigenvalue weighted by molar-refractivity contribution is -0.286. The lowest BCUT2D eigenvalue weighted by atomic mass is 9.57. The van der Waals surface area contributed by atoms with Crippen LogP contribution in [-0.4, -0.2) is 35.7 Å². The molecular weight excluding hydrogens is 306 g/mol. The first-order valence-corrected chi connectivity index (χ1v) is 11.1. The van der Waals surface area contributed by atoms with Crippen molar-refractivity contribution in [2.24, 2.45) is 23.2 Å². The Morgan fingerprint density at radius 1 is 0.960 bits per heavy atom. The van der Waals surface area contributed by atoms with Crippen LogP contribution >= 0.6 is 0 Å². The molecule has 1 aliphatic carbocycles. The van der Waals surface area contributed by atoms with Gasteiger partial charge in [-0.25, -0.2) is 0 Å². The second-order valence-electron chi connectivity index (χ2n) is 10.8. The molecule has 3 aliphatic rings. The van der Waals surface area contributed by atoms with Crippen molar-refractivity contribution >= 4 is 0 Å². The first-order valence-electron chi connectivity index (χ1n) is 11.1. The third-order valence-electron chi connectivity index (χ3n) is 7.57. The van der Waals surface area contributed by atoms with Gasteiger partial charge in [0, 0.05) is 6.04 Å². The maximum absolute atomic E-state index is 6.32. The minimum absolute atomic E-state index is 0.233. The van der Waals surface area contributed by atoms with Gasteiger partial charge in [0.05, 0.1) is 18.2 Å². The highest BCUT2D eigenvalue weighted by Gasteiger charge is 2.63. The van der Waals surface area contributed by atoms with Crippen LogP contribution in [0, 0.1) is 23.2 Å². The van der Waals surface area contributed by atoms with Crippen molar-refractivity contribution in [3.05, 3.63) is 0 Å². The Bertz CT molecular complexity index is 434. The number of nitrogens with zero attached hydrogens (tertiary/aromatic N) is 1. The molecule has 3 rings (SSSR count). The molecule has 0 amide bonds. The summed E-state index contributed by atoms with van der Waals surface area (Å²) in [7, 11) is 0. The highest BCUT2D eigenvalue weighted by atomic mass is 16.5. The largest absolute Gasteiger partial charge is 0.374 e. The maximum atomic E-state index is 6.32. The Kier molecular flexibility index (Phi) is 5.91. The van der Waals surface area contributed by atoms with E-state index in [2.05, 4.69) is 46.4 Å². The molecule has 0 aromatic carbocycles. The summed E-state index contributed by atoms with van der Waals surface area (Å²) in [6, 6.07) is 0.630. The van der Waals surface area contributed by atoms with E-state index in [1.165, 1.54) is 57.9 Å². The van der Waals surface area contributed by atoms with E-state index in [-0.39, 0.29) is 5.41 Å². The molecule has 146 valence electrons. The van der Waals surface area contributed by atoms with Gasteiger partial charge in [-0.3, -0.25) is 4.90 Å². The molecule has 5 unspecified atom stereocenters. The van der Waals surface area contributed by atoms with Crippen LogP contribution in [0.4, 0.5) is 0 Å². The van der Waals surface area contributed by atoms with Gasteiger partial charge in [0.15, 0.2) is 0 Å². The van der Waals surface area contributed by atoms with E-state index >= 15 is 0 Å². The van der Waals surface area contributed by atoms with Gasteiger partial charge < -0.3 is 4.74 Å². The zero-order valence-corrected chi connectivity index (χ0v) is 17.8. The van der Waals surface area contributed by atoms with Gasteiger partial charge in [-0.05, 0) is 56.4 Å². The number of fused-ring (bicyclic) bond motifs is 2. The highest BCUT2D eigenvalue weighted by molar-refractivity contribution is 5.15. The quantitative estimate of drug-likeness (QED) is 0.584. The van der Waals surface area contributed by atoms with Crippen molar-refractivity contribution in [1.29, 1.82) is 0 Å². The molecule has 2 nitrogen and oxygen atoms in total. The summed E-state index contributed by atoms with van der Waals surface area (Å²) in [6.45, 7) is 16.7. The fourth-order valence-electron chi connectivity index (χ4n) is 6.51. The summed E-state index contributed by atoms with van der Waals surface area (Å²) >= 11 is 0. The van der Waals surface area contributed by atoms with Gasteiger partial charge in [-0.1, -0.05) is 66.2 Å². The summed E-state index contributed by atoms with van der Waals surface area (Å²) < 4.78 is 6.32. The molecule has 2 heteroatoms. The Morgan fingerprint density at radius 2 is 1.64 bits per heavy atom. The fraction of sp³-hybridized carbons (Fsp3) is 1.00. The number of piperidine rings is 1. The zero-order valence-electron chi connectivity index (χ0n) is 17.8. The summed E-state index contributed by atoms with van der Waals surface area (Å²) in [6.07, 6.45) is 11.9. The lowest BCUT2D eigenvalue weighted by Gasteiger charge is -2.67. The average molecular weight is 350 g/mol. The van der Waals surface area contributed by atoms with E-state index in [0.717, 1.165) is 24.4 Å². The molecule has 0 N–H and O–H groups in total. The number of likely N-dealkylation sites (tertiary alicyclic amines) is 1. The normalized spacial score (nSPS) is 41.4. The molecule has 25 heavy (non-hydrogen) atoms. The van der Waals surface area contributed by atoms with Gasteiger partial charge in [0.1, 0.15) is 0 Å². The third-order valence-corrected chi connectivity index (χ3v) is 7.57. The van der Waals surface area contributed by atoms with Crippen molar-refractivity contribution in [1.82, 2.24) is 4.90 Å². The van der Waals surface area contributed by atoms with Gasteiger partial charge in [-0.2, -0.15) is 0 Å². The molecule has 0 bridgehead atoms. The lowest BCUT2D eigenvalue weighted by Crippen LogP contribution is -2.78. The second kappa shape index (κ2) is 7.50. The van der Waals surface area contributed by atoms with E-state index in [1.54, 1.807) is 0 Å². The third kappa shape index (κ3) is 3.68. The summed E-state index contributed by atoms with van der Waals surface area (Å²) in [5, 5.41) is 0. The fourth-order valence-corrected chi connectivity index (χ4v) is 6.51. The topological polar surface area (TPSA) is 12.5 Å². The van der Waals surface area contributed by atoms with Crippen LogP contribution in [0.15, 0.2) is 0 Å².